The normalized spacial score (nSPS) is 24.4. The summed E-state index contributed by atoms with van der Waals surface area (Å²) < 4.78 is 13.3. The highest BCUT2D eigenvalue weighted by Crippen LogP contribution is 2.43. The minimum Gasteiger partial charge on any atom is -0.490 e. The first kappa shape index (κ1) is 14.7. The molecule has 1 heterocycles. The third-order valence-electron chi connectivity index (χ3n) is 4.46. The molecule has 1 aromatic carbocycles. The van der Waals surface area contributed by atoms with Crippen molar-refractivity contribution in [2.24, 2.45) is 0 Å². The highest BCUT2D eigenvalue weighted by atomic mass is 79.9. The predicted molar refractivity (Wildman–Crippen MR) is 84.6 cm³/mol. The van der Waals surface area contributed by atoms with Crippen LogP contribution in [0.4, 0.5) is 0 Å². The molecule has 1 saturated carbocycles. The molecular weight excluding hydrogens is 340 g/mol. The molecule has 2 fully saturated rings. The molecule has 0 N–H and O–H groups in total. The molecule has 1 aliphatic heterocycles. The zero-order chi connectivity index (χ0) is 14.2. The number of ether oxygens (including phenoxy) is 2. The molecule has 4 heteroatoms. The lowest BCUT2D eigenvalue weighted by Crippen LogP contribution is -2.48. The molecule has 1 aromatic rings. The molecule has 1 atom stereocenters. The summed E-state index contributed by atoms with van der Waals surface area (Å²) in [6, 6.07) is 4.14. The van der Waals surface area contributed by atoms with Gasteiger partial charge in [-0.3, -0.25) is 0 Å². The largest absolute Gasteiger partial charge is 0.490 e. The van der Waals surface area contributed by atoms with Crippen LogP contribution in [0.2, 0.25) is 0 Å². The number of rotatable bonds is 3. The van der Waals surface area contributed by atoms with Crippen molar-refractivity contribution in [1.82, 2.24) is 0 Å². The van der Waals surface area contributed by atoms with Gasteiger partial charge in [0.25, 0.3) is 0 Å². The van der Waals surface area contributed by atoms with E-state index < -0.39 is 0 Å². The van der Waals surface area contributed by atoms with Crippen LogP contribution in [0.15, 0.2) is 16.6 Å². The first-order valence-corrected chi connectivity index (χ1v) is 8.60. The van der Waals surface area contributed by atoms with Gasteiger partial charge in [-0.25, -0.2) is 0 Å². The van der Waals surface area contributed by atoms with E-state index in [1.165, 1.54) is 19.3 Å². The van der Waals surface area contributed by atoms with Crippen LogP contribution in [0, 0.1) is 6.92 Å². The van der Waals surface area contributed by atoms with E-state index in [1.807, 2.05) is 6.07 Å². The molecule has 0 radical (unpaired) electrons. The first-order valence-electron chi connectivity index (χ1n) is 7.27. The fourth-order valence-electron chi connectivity index (χ4n) is 3.24. The summed E-state index contributed by atoms with van der Waals surface area (Å²) in [5, 5.41) is 0. The van der Waals surface area contributed by atoms with Crippen LogP contribution in [-0.2, 0) is 10.6 Å². The molecule has 0 bridgehead atoms. The second-order valence-corrected chi connectivity index (χ2v) is 7.15. The standard InChI is InChI=1S/C16H20BrClO2/c1-11-7-13(17)8-12(10-18)15(11)20-14-3-6-19-16(9-14)4-2-5-16/h7-8,14H,2-6,9-10H2,1H3. The molecule has 20 heavy (non-hydrogen) atoms. The van der Waals surface area contributed by atoms with Gasteiger partial charge in [0.15, 0.2) is 0 Å². The van der Waals surface area contributed by atoms with Crippen molar-refractivity contribution in [2.45, 2.75) is 56.6 Å². The summed E-state index contributed by atoms with van der Waals surface area (Å²) in [5.74, 6) is 1.44. The van der Waals surface area contributed by atoms with Gasteiger partial charge >= 0.3 is 0 Å². The van der Waals surface area contributed by atoms with Gasteiger partial charge in [0, 0.05) is 22.9 Å². The molecule has 0 amide bonds. The lowest BCUT2D eigenvalue weighted by atomic mass is 9.74. The Morgan fingerprint density at radius 3 is 2.90 bits per heavy atom. The second kappa shape index (κ2) is 5.86. The van der Waals surface area contributed by atoms with Crippen molar-refractivity contribution in [3.8, 4) is 5.75 Å². The van der Waals surface area contributed by atoms with Crippen molar-refractivity contribution >= 4 is 27.5 Å². The Labute approximate surface area is 133 Å². The molecule has 1 saturated heterocycles. The Kier molecular flexibility index (Phi) is 4.30. The van der Waals surface area contributed by atoms with Gasteiger partial charge in [-0.2, -0.15) is 0 Å². The SMILES string of the molecule is Cc1cc(Br)cc(CCl)c1OC1CCOC2(CCC2)C1. The van der Waals surface area contributed by atoms with Gasteiger partial charge in [0.05, 0.1) is 18.1 Å². The summed E-state index contributed by atoms with van der Waals surface area (Å²) in [4.78, 5) is 0. The Balaban J connectivity index is 1.77. The van der Waals surface area contributed by atoms with E-state index in [9.17, 15) is 0 Å². The summed E-state index contributed by atoms with van der Waals surface area (Å²) in [6.45, 7) is 2.89. The van der Waals surface area contributed by atoms with Crippen molar-refractivity contribution in [2.75, 3.05) is 6.61 Å². The van der Waals surface area contributed by atoms with Crippen molar-refractivity contribution in [3.63, 3.8) is 0 Å². The van der Waals surface area contributed by atoms with Crippen LogP contribution >= 0.6 is 27.5 Å². The van der Waals surface area contributed by atoms with E-state index in [0.29, 0.717) is 5.88 Å². The van der Waals surface area contributed by atoms with Crippen LogP contribution in [0.1, 0.15) is 43.2 Å². The fraction of sp³-hybridized carbons (Fsp3) is 0.625. The Bertz CT molecular complexity index is 499. The minimum absolute atomic E-state index is 0.118. The van der Waals surface area contributed by atoms with E-state index in [4.69, 9.17) is 21.1 Å². The molecule has 110 valence electrons. The van der Waals surface area contributed by atoms with Gasteiger partial charge < -0.3 is 9.47 Å². The van der Waals surface area contributed by atoms with Crippen LogP contribution in [0.25, 0.3) is 0 Å². The molecule has 2 aliphatic rings. The van der Waals surface area contributed by atoms with Gasteiger partial charge in [0.1, 0.15) is 11.9 Å². The minimum atomic E-state index is 0.118. The lowest BCUT2D eigenvalue weighted by Gasteiger charge is -2.47. The summed E-state index contributed by atoms with van der Waals surface area (Å²) in [7, 11) is 0. The number of aryl methyl sites for hydroxylation is 1. The van der Waals surface area contributed by atoms with E-state index in [-0.39, 0.29) is 11.7 Å². The number of hydrogen-bond donors (Lipinski definition) is 0. The highest BCUT2D eigenvalue weighted by Gasteiger charge is 2.43. The monoisotopic (exact) mass is 358 g/mol. The second-order valence-electron chi connectivity index (χ2n) is 5.96. The Morgan fingerprint density at radius 2 is 2.25 bits per heavy atom. The van der Waals surface area contributed by atoms with Crippen LogP contribution in [0.5, 0.6) is 5.75 Å². The Morgan fingerprint density at radius 1 is 1.45 bits per heavy atom. The molecule has 1 aliphatic carbocycles. The topological polar surface area (TPSA) is 18.5 Å². The quantitative estimate of drug-likeness (QED) is 0.709. The maximum atomic E-state index is 6.31. The van der Waals surface area contributed by atoms with E-state index in [2.05, 4.69) is 28.9 Å². The number of alkyl halides is 1. The molecule has 1 unspecified atom stereocenters. The molecule has 2 nitrogen and oxygen atoms in total. The predicted octanol–water partition coefficient (Wildman–Crippen LogP) is 4.98. The van der Waals surface area contributed by atoms with Crippen molar-refractivity contribution in [3.05, 3.63) is 27.7 Å². The molecule has 1 spiro atoms. The maximum Gasteiger partial charge on any atom is 0.127 e. The Hall–Kier alpha value is -0.250. The smallest absolute Gasteiger partial charge is 0.127 e. The number of halogens is 2. The van der Waals surface area contributed by atoms with Gasteiger partial charge in [0.2, 0.25) is 0 Å². The zero-order valence-corrected chi connectivity index (χ0v) is 14.1. The molecule has 3 rings (SSSR count). The summed E-state index contributed by atoms with van der Waals surface area (Å²) in [6.07, 6.45) is 5.91. The number of hydrogen-bond acceptors (Lipinski definition) is 2. The average molecular weight is 360 g/mol. The van der Waals surface area contributed by atoms with E-state index >= 15 is 0 Å². The average Bonchev–Trinajstić information content (AvgIpc) is 2.40. The van der Waals surface area contributed by atoms with Crippen molar-refractivity contribution < 1.29 is 9.47 Å². The van der Waals surface area contributed by atoms with Crippen LogP contribution < -0.4 is 4.74 Å². The third-order valence-corrected chi connectivity index (χ3v) is 5.20. The van der Waals surface area contributed by atoms with E-state index in [0.717, 1.165) is 40.8 Å². The zero-order valence-electron chi connectivity index (χ0n) is 11.8. The van der Waals surface area contributed by atoms with Gasteiger partial charge in [-0.05, 0) is 43.9 Å². The van der Waals surface area contributed by atoms with Crippen molar-refractivity contribution in [1.29, 1.82) is 0 Å². The third kappa shape index (κ3) is 2.86. The van der Waals surface area contributed by atoms with E-state index in [1.54, 1.807) is 0 Å². The fourth-order valence-corrected chi connectivity index (χ4v) is 4.06. The molecule has 0 aromatic heterocycles. The lowest BCUT2D eigenvalue weighted by molar-refractivity contribution is -0.153. The highest BCUT2D eigenvalue weighted by molar-refractivity contribution is 9.10. The molecular formula is C16H20BrClO2. The maximum absolute atomic E-state index is 6.31. The van der Waals surface area contributed by atoms with Gasteiger partial charge in [-0.15, -0.1) is 11.6 Å². The first-order chi connectivity index (χ1) is 9.62. The van der Waals surface area contributed by atoms with Crippen LogP contribution in [-0.4, -0.2) is 18.3 Å². The summed E-state index contributed by atoms with van der Waals surface area (Å²) in [5.41, 5.74) is 2.32. The summed E-state index contributed by atoms with van der Waals surface area (Å²) >= 11 is 9.58. The van der Waals surface area contributed by atoms with Gasteiger partial charge in [-0.1, -0.05) is 15.9 Å². The number of benzene rings is 1. The van der Waals surface area contributed by atoms with Crippen LogP contribution in [0.3, 0.4) is 0 Å².